The van der Waals surface area contributed by atoms with Crippen LogP contribution in [-0.2, 0) is 6.42 Å². The van der Waals surface area contributed by atoms with Gasteiger partial charge in [-0.2, -0.15) is 0 Å². The van der Waals surface area contributed by atoms with E-state index in [1.54, 1.807) is 25.6 Å². The van der Waals surface area contributed by atoms with Crippen molar-refractivity contribution in [3.05, 3.63) is 46.7 Å². The van der Waals surface area contributed by atoms with Crippen LogP contribution in [0.15, 0.2) is 30.6 Å². The van der Waals surface area contributed by atoms with Crippen molar-refractivity contribution in [2.24, 2.45) is 0 Å². The van der Waals surface area contributed by atoms with Crippen LogP contribution < -0.4 is 18.9 Å². The molecule has 156 valence electrons. The van der Waals surface area contributed by atoms with E-state index in [-0.39, 0.29) is 18.2 Å². The quantitative estimate of drug-likeness (QED) is 0.556. The highest BCUT2D eigenvalue weighted by Gasteiger charge is 2.20. The number of halogens is 2. The van der Waals surface area contributed by atoms with Gasteiger partial charge in [0.05, 0.1) is 33.0 Å². The Morgan fingerprint density at radius 3 is 2.28 bits per heavy atom. The second-order valence-electron chi connectivity index (χ2n) is 6.03. The number of nitrogens with zero attached hydrogens (tertiary/aromatic N) is 1. The van der Waals surface area contributed by atoms with Crippen LogP contribution in [0.1, 0.15) is 18.1 Å². The second-order valence-corrected chi connectivity index (χ2v) is 6.41. The molecule has 0 saturated carbocycles. The third-order valence-corrected chi connectivity index (χ3v) is 4.90. The lowest BCUT2D eigenvalue weighted by atomic mass is 9.99. The van der Waals surface area contributed by atoms with E-state index in [9.17, 15) is 5.11 Å². The van der Waals surface area contributed by atoms with E-state index < -0.39 is 0 Å². The van der Waals surface area contributed by atoms with Gasteiger partial charge in [0.15, 0.2) is 23.0 Å². The van der Waals surface area contributed by atoms with Gasteiger partial charge in [0.25, 0.3) is 0 Å². The number of benzene rings is 2. The first-order valence-corrected chi connectivity index (χ1v) is 9.12. The number of hydrogen-bond acceptors (Lipinski definition) is 6. The molecule has 1 aromatic heterocycles. The Morgan fingerprint density at radius 2 is 1.66 bits per heavy atom. The number of phenols is 1. The van der Waals surface area contributed by atoms with E-state index in [1.165, 1.54) is 14.2 Å². The molecule has 0 atom stereocenters. The molecule has 0 aliphatic heterocycles. The number of phenolic OH excluding ortho intramolecular Hbond substituents is 1. The Hall–Kier alpha value is -2.57. The summed E-state index contributed by atoms with van der Waals surface area (Å²) in [6, 6.07) is 5.47. The SMILES string of the molecule is CCOc1ccc2c(Cc3cc(OC)c(OC)c(OC)c3Cl)cncc2c1O.Cl. The fourth-order valence-electron chi connectivity index (χ4n) is 3.19. The summed E-state index contributed by atoms with van der Waals surface area (Å²) in [6.45, 7) is 2.33. The molecule has 1 N–H and O–H groups in total. The van der Waals surface area contributed by atoms with Crippen LogP contribution in [0.5, 0.6) is 28.7 Å². The number of aromatic hydroxyl groups is 1. The first-order chi connectivity index (χ1) is 13.5. The van der Waals surface area contributed by atoms with Gasteiger partial charge in [0.1, 0.15) is 0 Å². The van der Waals surface area contributed by atoms with Crippen LogP contribution in [-0.4, -0.2) is 38.0 Å². The largest absolute Gasteiger partial charge is 0.504 e. The van der Waals surface area contributed by atoms with E-state index in [4.69, 9.17) is 30.5 Å². The summed E-state index contributed by atoms with van der Waals surface area (Å²) in [5.74, 6) is 1.87. The van der Waals surface area contributed by atoms with Gasteiger partial charge >= 0.3 is 0 Å². The smallest absolute Gasteiger partial charge is 0.204 e. The number of methoxy groups -OCH3 is 3. The molecule has 3 rings (SSSR count). The number of aromatic nitrogens is 1. The van der Waals surface area contributed by atoms with Crippen molar-refractivity contribution in [2.45, 2.75) is 13.3 Å². The minimum Gasteiger partial charge on any atom is -0.504 e. The van der Waals surface area contributed by atoms with Crippen LogP contribution in [0.25, 0.3) is 10.8 Å². The van der Waals surface area contributed by atoms with Crippen molar-refractivity contribution in [2.75, 3.05) is 27.9 Å². The molecule has 0 aliphatic rings. The number of rotatable bonds is 7. The lowest BCUT2D eigenvalue weighted by Gasteiger charge is -2.17. The van der Waals surface area contributed by atoms with E-state index in [1.807, 2.05) is 19.1 Å². The van der Waals surface area contributed by atoms with Gasteiger partial charge in [0.2, 0.25) is 5.75 Å². The first-order valence-electron chi connectivity index (χ1n) is 8.74. The predicted molar refractivity (Wildman–Crippen MR) is 116 cm³/mol. The fraction of sp³-hybridized carbons (Fsp3) is 0.286. The first kappa shape index (κ1) is 22.7. The normalized spacial score (nSPS) is 10.4. The molecule has 0 spiro atoms. The maximum Gasteiger partial charge on any atom is 0.204 e. The zero-order chi connectivity index (χ0) is 20.3. The molecule has 0 saturated heterocycles. The second kappa shape index (κ2) is 9.76. The summed E-state index contributed by atoms with van der Waals surface area (Å²) in [7, 11) is 4.62. The number of pyridine rings is 1. The molecule has 0 fully saturated rings. The highest BCUT2D eigenvalue weighted by molar-refractivity contribution is 6.33. The van der Waals surface area contributed by atoms with Crippen LogP contribution in [0.2, 0.25) is 5.02 Å². The number of hydrogen-bond donors (Lipinski definition) is 1. The average molecular weight is 440 g/mol. The Bertz CT molecular complexity index is 1010. The zero-order valence-electron chi connectivity index (χ0n) is 16.6. The van der Waals surface area contributed by atoms with Gasteiger partial charge < -0.3 is 24.1 Å². The van der Waals surface area contributed by atoms with Gasteiger partial charge in [-0.3, -0.25) is 4.98 Å². The Labute approximate surface area is 180 Å². The highest BCUT2D eigenvalue weighted by atomic mass is 35.5. The maximum atomic E-state index is 10.5. The minimum atomic E-state index is 0. The molecular formula is C21H23Cl2NO5. The molecule has 1 heterocycles. The molecule has 0 bridgehead atoms. The molecular weight excluding hydrogens is 417 g/mol. The molecule has 0 amide bonds. The van der Waals surface area contributed by atoms with Crippen LogP contribution >= 0.6 is 24.0 Å². The van der Waals surface area contributed by atoms with E-state index >= 15 is 0 Å². The molecule has 0 unspecified atom stereocenters. The monoisotopic (exact) mass is 439 g/mol. The molecule has 29 heavy (non-hydrogen) atoms. The van der Waals surface area contributed by atoms with Gasteiger partial charge in [-0.25, -0.2) is 0 Å². The molecule has 0 radical (unpaired) electrons. The fourth-order valence-corrected chi connectivity index (χ4v) is 3.47. The zero-order valence-corrected chi connectivity index (χ0v) is 18.2. The summed E-state index contributed by atoms with van der Waals surface area (Å²) in [4.78, 5) is 4.27. The summed E-state index contributed by atoms with van der Waals surface area (Å²) < 4.78 is 21.7. The van der Waals surface area contributed by atoms with Crippen molar-refractivity contribution in [3.63, 3.8) is 0 Å². The summed E-state index contributed by atoms with van der Waals surface area (Å²) >= 11 is 6.57. The summed E-state index contributed by atoms with van der Waals surface area (Å²) in [5, 5.41) is 12.4. The Morgan fingerprint density at radius 1 is 0.931 bits per heavy atom. The van der Waals surface area contributed by atoms with Crippen molar-refractivity contribution in [1.29, 1.82) is 0 Å². The molecule has 6 nitrogen and oxygen atoms in total. The van der Waals surface area contributed by atoms with Gasteiger partial charge in [-0.1, -0.05) is 17.7 Å². The van der Waals surface area contributed by atoms with Gasteiger partial charge in [-0.05, 0) is 35.6 Å². The van der Waals surface area contributed by atoms with Crippen molar-refractivity contribution in [3.8, 4) is 28.7 Å². The lowest BCUT2D eigenvalue weighted by molar-refractivity contribution is 0.320. The molecule has 8 heteroatoms. The standard InChI is InChI=1S/C21H22ClNO5.ClH/c1-5-28-16-7-6-14-13(10-23-11-15(14)19(16)24)8-12-9-17(25-2)20(26-3)21(27-4)18(12)22;/h6-7,9-11,24H,5,8H2,1-4H3;1H. The molecule has 3 aromatic rings. The predicted octanol–water partition coefficient (Wildman–Crippen LogP) is 5.03. The Balaban J connectivity index is 0.00000300. The highest BCUT2D eigenvalue weighted by Crippen LogP contribution is 2.45. The van der Waals surface area contributed by atoms with Crippen molar-refractivity contribution >= 4 is 34.8 Å². The summed E-state index contributed by atoms with van der Waals surface area (Å²) in [6.07, 6.45) is 3.84. The number of ether oxygens (including phenoxy) is 4. The Kier molecular flexibility index (Phi) is 7.65. The van der Waals surface area contributed by atoms with Crippen molar-refractivity contribution < 1.29 is 24.1 Å². The third-order valence-electron chi connectivity index (χ3n) is 4.49. The maximum absolute atomic E-state index is 10.5. The number of fused-ring (bicyclic) bond motifs is 1. The average Bonchev–Trinajstić information content (AvgIpc) is 2.71. The topological polar surface area (TPSA) is 70.0 Å². The van der Waals surface area contributed by atoms with Gasteiger partial charge in [-0.15, -0.1) is 12.4 Å². The third kappa shape index (κ3) is 4.23. The van der Waals surface area contributed by atoms with Gasteiger partial charge in [0, 0.05) is 24.2 Å². The van der Waals surface area contributed by atoms with E-state index in [0.717, 1.165) is 16.5 Å². The van der Waals surface area contributed by atoms with E-state index in [0.29, 0.717) is 46.4 Å². The molecule has 0 aliphatic carbocycles. The summed E-state index contributed by atoms with van der Waals surface area (Å²) in [5.41, 5.74) is 1.69. The lowest BCUT2D eigenvalue weighted by Crippen LogP contribution is -2.00. The van der Waals surface area contributed by atoms with Crippen molar-refractivity contribution in [1.82, 2.24) is 4.98 Å². The van der Waals surface area contributed by atoms with Crippen LogP contribution in [0, 0.1) is 0 Å². The molecule has 2 aromatic carbocycles. The van der Waals surface area contributed by atoms with E-state index in [2.05, 4.69) is 4.98 Å². The van der Waals surface area contributed by atoms with Crippen LogP contribution in [0.4, 0.5) is 0 Å². The van der Waals surface area contributed by atoms with Crippen LogP contribution in [0.3, 0.4) is 0 Å². The minimum absolute atomic E-state index is 0.